The van der Waals surface area contributed by atoms with Gasteiger partial charge < -0.3 is 10.1 Å². The Kier molecular flexibility index (Phi) is 6.36. The minimum Gasteiger partial charge on any atom is -0.383 e. The summed E-state index contributed by atoms with van der Waals surface area (Å²) < 4.78 is 4.83. The lowest BCUT2D eigenvalue weighted by molar-refractivity contribution is -0.121. The summed E-state index contributed by atoms with van der Waals surface area (Å²) in [6, 6.07) is 9.95. The van der Waals surface area contributed by atoms with Crippen LogP contribution in [0.15, 0.2) is 30.3 Å². The molecule has 6 heteroatoms. The highest BCUT2D eigenvalue weighted by molar-refractivity contribution is 5.95. The van der Waals surface area contributed by atoms with Crippen LogP contribution in [0.4, 0.5) is 4.79 Å². The first-order valence-corrected chi connectivity index (χ1v) is 7.56. The first kappa shape index (κ1) is 16.5. The van der Waals surface area contributed by atoms with E-state index in [1.54, 1.807) is 7.11 Å². The molecule has 1 heterocycles. The van der Waals surface area contributed by atoms with Crippen molar-refractivity contribution in [2.75, 3.05) is 33.4 Å². The van der Waals surface area contributed by atoms with Crippen molar-refractivity contribution in [3.05, 3.63) is 35.9 Å². The lowest BCUT2D eigenvalue weighted by Gasteiger charge is -2.24. The van der Waals surface area contributed by atoms with E-state index in [0.717, 1.165) is 19.4 Å². The summed E-state index contributed by atoms with van der Waals surface area (Å²) in [6.45, 7) is 1.91. The molecule has 2 rings (SSSR count). The molecule has 1 aromatic rings. The predicted molar refractivity (Wildman–Crippen MR) is 83.4 cm³/mol. The lowest BCUT2D eigenvalue weighted by atomic mass is 10.0. The zero-order valence-electron chi connectivity index (χ0n) is 12.9. The van der Waals surface area contributed by atoms with E-state index in [2.05, 4.69) is 27.7 Å². The third-order valence-electron chi connectivity index (χ3n) is 3.74. The number of nitrogens with zero attached hydrogens (tertiary/aromatic N) is 1. The number of rotatable bonds is 6. The third-order valence-corrected chi connectivity index (χ3v) is 3.74. The van der Waals surface area contributed by atoms with Crippen molar-refractivity contribution in [1.82, 2.24) is 15.5 Å². The highest BCUT2D eigenvalue weighted by atomic mass is 16.5. The Hall–Kier alpha value is -1.92. The van der Waals surface area contributed by atoms with Crippen LogP contribution in [0.3, 0.4) is 0 Å². The number of amides is 3. The minimum absolute atomic E-state index is 0.233. The molecular formula is C16H23N3O3. The van der Waals surface area contributed by atoms with E-state index in [1.807, 2.05) is 18.2 Å². The Morgan fingerprint density at radius 3 is 2.82 bits per heavy atom. The molecule has 1 aliphatic heterocycles. The first-order valence-electron chi connectivity index (χ1n) is 7.56. The summed E-state index contributed by atoms with van der Waals surface area (Å²) in [5.74, 6) is -0.280. The molecule has 1 atom stereocenters. The summed E-state index contributed by atoms with van der Waals surface area (Å²) in [5, 5.41) is 4.92. The normalized spacial score (nSPS) is 18.1. The first-order chi connectivity index (χ1) is 10.7. The number of nitrogens with one attached hydrogen (secondary N) is 2. The fraction of sp³-hybridized carbons (Fsp3) is 0.500. The standard InChI is InChI=1S/C16H23N3O3/c1-22-11-9-17-16(21)18-15(20)12-19-10-5-8-14(19)13-6-3-2-4-7-13/h2-4,6-7,14H,5,8-12H2,1H3,(H2,17,18,20,21)/t14-/m1/s1. The van der Waals surface area contributed by atoms with Crippen LogP contribution in [-0.2, 0) is 9.53 Å². The number of benzene rings is 1. The van der Waals surface area contributed by atoms with Gasteiger partial charge in [0, 0.05) is 19.7 Å². The van der Waals surface area contributed by atoms with Crippen molar-refractivity contribution in [2.45, 2.75) is 18.9 Å². The van der Waals surface area contributed by atoms with E-state index < -0.39 is 6.03 Å². The Labute approximate surface area is 130 Å². The van der Waals surface area contributed by atoms with Gasteiger partial charge in [-0.3, -0.25) is 15.0 Å². The van der Waals surface area contributed by atoms with Gasteiger partial charge in [-0.05, 0) is 24.9 Å². The molecule has 6 nitrogen and oxygen atoms in total. The van der Waals surface area contributed by atoms with Gasteiger partial charge >= 0.3 is 6.03 Å². The number of likely N-dealkylation sites (tertiary alicyclic amines) is 1. The highest BCUT2D eigenvalue weighted by Gasteiger charge is 2.27. The fourth-order valence-corrected chi connectivity index (χ4v) is 2.73. The summed E-state index contributed by atoms with van der Waals surface area (Å²) in [6.07, 6.45) is 2.10. The van der Waals surface area contributed by atoms with Crippen LogP contribution >= 0.6 is 0 Å². The second-order valence-electron chi connectivity index (χ2n) is 5.34. The summed E-state index contributed by atoms with van der Waals surface area (Å²) in [7, 11) is 1.56. The molecule has 0 saturated carbocycles. The van der Waals surface area contributed by atoms with Gasteiger partial charge in [0.2, 0.25) is 5.91 Å². The van der Waals surface area contributed by atoms with Crippen molar-refractivity contribution < 1.29 is 14.3 Å². The summed E-state index contributed by atoms with van der Waals surface area (Å²) in [4.78, 5) is 25.6. The molecule has 0 radical (unpaired) electrons. The van der Waals surface area contributed by atoms with Gasteiger partial charge in [-0.25, -0.2) is 4.79 Å². The molecular weight excluding hydrogens is 282 g/mol. The van der Waals surface area contributed by atoms with Crippen LogP contribution in [0, 0.1) is 0 Å². The molecule has 0 unspecified atom stereocenters. The van der Waals surface area contributed by atoms with E-state index in [4.69, 9.17) is 4.74 Å². The van der Waals surface area contributed by atoms with E-state index in [0.29, 0.717) is 13.2 Å². The smallest absolute Gasteiger partial charge is 0.321 e. The molecule has 1 fully saturated rings. The summed E-state index contributed by atoms with van der Waals surface area (Å²) in [5.41, 5.74) is 1.22. The minimum atomic E-state index is -0.475. The topological polar surface area (TPSA) is 70.7 Å². The number of carbonyl (C=O) groups is 2. The van der Waals surface area contributed by atoms with Crippen LogP contribution in [0.5, 0.6) is 0 Å². The molecule has 1 aromatic carbocycles. The Bertz CT molecular complexity index is 493. The number of methoxy groups -OCH3 is 1. The molecule has 120 valence electrons. The molecule has 1 aliphatic rings. The van der Waals surface area contributed by atoms with Crippen molar-refractivity contribution in [3.8, 4) is 0 Å². The van der Waals surface area contributed by atoms with Gasteiger partial charge in [-0.1, -0.05) is 30.3 Å². The monoisotopic (exact) mass is 305 g/mol. The van der Waals surface area contributed by atoms with Gasteiger partial charge in [0.15, 0.2) is 0 Å². The number of hydrogen-bond donors (Lipinski definition) is 2. The Balaban J connectivity index is 1.82. The van der Waals surface area contributed by atoms with Gasteiger partial charge in [0.05, 0.1) is 13.2 Å². The SMILES string of the molecule is COCCNC(=O)NC(=O)CN1CCC[C@@H]1c1ccccc1. The van der Waals surface area contributed by atoms with Crippen LogP contribution in [0.2, 0.25) is 0 Å². The number of carbonyl (C=O) groups excluding carboxylic acids is 2. The van der Waals surface area contributed by atoms with Crippen LogP contribution in [0.1, 0.15) is 24.4 Å². The van der Waals surface area contributed by atoms with Crippen molar-refractivity contribution in [2.24, 2.45) is 0 Å². The number of imide groups is 1. The number of ether oxygens (including phenoxy) is 1. The lowest BCUT2D eigenvalue weighted by Crippen LogP contribution is -2.45. The van der Waals surface area contributed by atoms with Crippen LogP contribution < -0.4 is 10.6 Å². The second kappa shape index (κ2) is 8.51. The zero-order chi connectivity index (χ0) is 15.8. The van der Waals surface area contributed by atoms with Gasteiger partial charge in [0.25, 0.3) is 0 Å². The van der Waals surface area contributed by atoms with E-state index in [9.17, 15) is 9.59 Å². The quantitative estimate of drug-likeness (QED) is 0.777. The third kappa shape index (κ3) is 4.82. The Morgan fingerprint density at radius 1 is 1.32 bits per heavy atom. The van der Waals surface area contributed by atoms with Crippen LogP contribution in [-0.4, -0.2) is 50.2 Å². The zero-order valence-corrected chi connectivity index (χ0v) is 12.9. The molecule has 0 aliphatic carbocycles. The fourth-order valence-electron chi connectivity index (χ4n) is 2.73. The van der Waals surface area contributed by atoms with Crippen molar-refractivity contribution in [1.29, 1.82) is 0 Å². The second-order valence-corrected chi connectivity index (χ2v) is 5.34. The van der Waals surface area contributed by atoms with Crippen molar-refractivity contribution in [3.63, 3.8) is 0 Å². The largest absolute Gasteiger partial charge is 0.383 e. The maximum absolute atomic E-state index is 12.0. The molecule has 22 heavy (non-hydrogen) atoms. The Morgan fingerprint density at radius 2 is 2.09 bits per heavy atom. The van der Waals surface area contributed by atoms with Crippen LogP contribution in [0.25, 0.3) is 0 Å². The highest BCUT2D eigenvalue weighted by Crippen LogP contribution is 2.31. The van der Waals surface area contributed by atoms with Crippen molar-refractivity contribution >= 4 is 11.9 Å². The molecule has 3 amide bonds. The molecule has 2 N–H and O–H groups in total. The van der Waals surface area contributed by atoms with E-state index in [-0.39, 0.29) is 18.5 Å². The van der Waals surface area contributed by atoms with Gasteiger partial charge in [-0.2, -0.15) is 0 Å². The van der Waals surface area contributed by atoms with E-state index >= 15 is 0 Å². The van der Waals surface area contributed by atoms with Gasteiger partial charge in [0.1, 0.15) is 0 Å². The van der Waals surface area contributed by atoms with E-state index in [1.165, 1.54) is 5.56 Å². The average molecular weight is 305 g/mol. The number of urea groups is 1. The molecule has 0 bridgehead atoms. The molecule has 1 saturated heterocycles. The average Bonchev–Trinajstić information content (AvgIpc) is 2.96. The molecule has 0 aromatic heterocycles. The van der Waals surface area contributed by atoms with Gasteiger partial charge in [-0.15, -0.1) is 0 Å². The summed E-state index contributed by atoms with van der Waals surface area (Å²) >= 11 is 0. The number of hydrogen-bond acceptors (Lipinski definition) is 4. The maximum Gasteiger partial charge on any atom is 0.321 e. The predicted octanol–water partition coefficient (Wildman–Crippen LogP) is 1.30. The molecule has 0 spiro atoms. The maximum atomic E-state index is 12.0.